The normalized spacial score (nSPS) is 18.1. The summed E-state index contributed by atoms with van der Waals surface area (Å²) in [4.78, 5) is 4.73. The molecule has 1 saturated heterocycles. The van der Waals surface area contributed by atoms with Gasteiger partial charge in [0, 0.05) is 17.3 Å². The fraction of sp³-hybridized carbons (Fsp3) is 0.615. The highest BCUT2D eigenvalue weighted by Crippen LogP contribution is 2.25. The van der Waals surface area contributed by atoms with Gasteiger partial charge in [0.25, 0.3) is 0 Å². The average molecular weight is 204 g/mol. The van der Waals surface area contributed by atoms with Crippen molar-refractivity contribution in [2.75, 3.05) is 13.1 Å². The molecule has 2 nitrogen and oxygen atoms in total. The number of aryl methyl sites for hydroxylation is 2. The van der Waals surface area contributed by atoms with Gasteiger partial charge in [-0.3, -0.25) is 4.98 Å². The zero-order valence-corrected chi connectivity index (χ0v) is 9.93. The lowest BCUT2D eigenvalue weighted by molar-refractivity contribution is 0.452. The predicted octanol–water partition coefficient (Wildman–Crippen LogP) is 2.47. The molecular formula is C13H20N2. The Balaban J connectivity index is 2.27. The summed E-state index contributed by atoms with van der Waals surface area (Å²) < 4.78 is 0. The molecule has 0 radical (unpaired) electrons. The summed E-state index contributed by atoms with van der Waals surface area (Å²) in [5, 5.41) is 3.40. The molecule has 2 heteroatoms. The maximum atomic E-state index is 4.73. The molecule has 82 valence electrons. The molecule has 0 unspecified atom stereocenters. The van der Waals surface area contributed by atoms with Crippen molar-refractivity contribution in [3.63, 3.8) is 0 Å². The van der Waals surface area contributed by atoms with Crippen molar-refractivity contribution < 1.29 is 0 Å². The molecule has 2 heterocycles. The van der Waals surface area contributed by atoms with Gasteiger partial charge in [0.05, 0.1) is 0 Å². The Kier molecular flexibility index (Phi) is 3.06. The van der Waals surface area contributed by atoms with Gasteiger partial charge in [-0.2, -0.15) is 0 Å². The lowest BCUT2D eigenvalue weighted by atomic mass is 9.92. The summed E-state index contributed by atoms with van der Waals surface area (Å²) >= 11 is 0. The van der Waals surface area contributed by atoms with Crippen molar-refractivity contribution in [2.24, 2.45) is 0 Å². The Morgan fingerprint density at radius 3 is 2.47 bits per heavy atom. The number of nitrogens with one attached hydrogen (secondary N) is 1. The third-order valence-electron chi connectivity index (χ3n) is 3.55. The quantitative estimate of drug-likeness (QED) is 0.760. The van der Waals surface area contributed by atoms with E-state index in [0.29, 0.717) is 5.92 Å². The molecule has 1 aromatic rings. The van der Waals surface area contributed by atoms with Crippen LogP contribution in [0.5, 0.6) is 0 Å². The maximum Gasteiger partial charge on any atom is 0.0441 e. The first-order chi connectivity index (χ1) is 7.18. The lowest BCUT2D eigenvalue weighted by Crippen LogP contribution is -2.27. The number of pyridine rings is 1. The standard InChI is InChI=1S/C13H20N2/c1-9-8-13(15-11(3)10(9)2)12-4-6-14-7-5-12/h8,12,14H,4-7H2,1-3H3. The fourth-order valence-electron chi connectivity index (χ4n) is 2.25. The molecule has 1 N–H and O–H groups in total. The van der Waals surface area contributed by atoms with Gasteiger partial charge >= 0.3 is 0 Å². The molecule has 0 bridgehead atoms. The summed E-state index contributed by atoms with van der Waals surface area (Å²) in [6, 6.07) is 2.28. The third-order valence-corrected chi connectivity index (χ3v) is 3.55. The van der Waals surface area contributed by atoms with Crippen molar-refractivity contribution in [1.82, 2.24) is 10.3 Å². The van der Waals surface area contributed by atoms with E-state index in [4.69, 9.17) is 4.98 Å². The molecule has 1 fully saturated rings. The van der Waals surface area contributed by atoms with Crippen molar-refractivity contribution in [3.8, 4) is 0 Å². The van der Waals surface area contributed by atoms with Gasteiger partial charge in [-0.05, 0) is 63.9 Å². The molecule has 0 aromatic carbocycles. The highest BCUT2D eigenvalue weighted by atomic mass is 14.9. The molecule has 1 aromatic heterocycles. The van der Waals surface area contributed by atoms with Crippen LogP contribution in [0.15, 0.2) is 6.07 Å². The van der Waals surface area contributed by atoms with E-state index < -0.39 is 0 Å². The Hall–Kier alpha value is -0.890. The minimum atomic E-state index is 0.671. The fourth-order valence-corrected chi connectivity index (χ4v) is 2.25. The van der Waals surface area contributed by atoms with Gasteiger partial charge in [-0.1, -0.05) is 0 Å². The average Bonchev–Trinajstić information content (AvgIpc) is 2.26. The summed E-state index contributed by atoms with van der Waals surface area (Å²) in [6.45, 7) is 8.74. The maximum absolute atomic E-state index is 4.73. The van der Waals surface area contributed by atoms with Gasteiger partial charge in [-0.15, -0.1) is 0 Å². The molecule has 2 rings (SSSR count). The van der Waals surface area contributed by atoms with Crippen molar-refractivity contribution in [3.05, 3.63) is 28.6 Å². The minimum Gasteiger partial charge on any atom is -0.317 e. The summed E-state index contributed by atoms with van der Waals surface area (Å²) in [5.74, 6) is 0.671. The Morgan fingerprint density at radius 1 is 1.20 bits per heavy atom. The van der Waals surface area contributed by atoms with Gasteiger partial charge in [-0.25, -0.2) is 0 Å². The number of hydrogen-bond acceptors (Lipinski definition) is 2. The second-order valence-electron chi connectivity index (χ2n) is 4.60. The largest absolute Gasteiger partial charge is 0.317 e. The van der Waals surface area contributed by atoms with Gasteiger partial charge in [0.15, 0.2) is 0 Å². The molecule has 1 aliphatic heterocycles. The first kappa shape index (κ1) is 10.6. The van der Waals surface area contributed by atoms with E-state index in [1.54, 1.807) is 0 Å². The number of hydrogen-bond donors (Lipinski definition) is 1. The Morgan fingerprint density at radius 2 is 1.87 bits per heavy atom. The summed E-state index contributed by atoms with van der Waals surface area (Å²) in [5.41, 5.74) is 5.23. The highest BCUT2D eigenvalue weighted by Gasteiger charge is 2.17. The van der Waals surface area contributed by atoms with E-state index in [0.717, 1.165) is 13.1 Å². The third kappa shape index (κ3) is 2.20. The zero-order chi connectivity index (χ0) is 10.8. The van der Waals surface area contributed by atoms with Crippen LogP contribution in [0.2, 0.25) is 0 Å². The van der Waals surface area contributed by atoms with Gasteiger partial charge in [0.1, 0.15) is 0 Å². The van der Waals surface area contributed by atoms with E-state index in [1.807, 2.05) is 0 Å². The first-order valence-electron chi connectivity index (χ1n) is 5.84. The molecule has 0 atom stereocenters. The molecule has 15 heavy (non-hydrogen) atoms. The second-order valence-corrected chi connectivity index (χ2v) is 4.60. The van der Waals surface area contributed by atoms with Crippen molar-refractivity contribution in [1.29, 1.82) is 0 Å². The summed E-state index contributed by atoms with van der Waals surface area (Å²) in [6.07, 6.45) is 2.46. The van der Waals surface area contributed by atoms with Crippen LogP contribution in [0.25, 0.3) is 0 Å². The first-order valence-corrected chi connectivity index (χ1v) is 5.84. The number of rotatable bonds is 1. The molecule has 0 amide bonds. The van der Waals surface area contributed by atoms with E-state index in [2.05, 4.69) is 32.2 Å². The van der Waals surface area contributed by atoms with Crippen LogP contribution < -0.4 is 5.32 Å². The number of nitrogens with zero attached hydrogens (tertiary/aromatic N) is 1. The van der Waals surface area contributed by atoms with E-state index >= 15 is 0 Å². The van der Waals surface area contributed by atoms with Crippen molar-refractivity contribution >= 4 is 0 Å². The zero-order valence-electron chi connectivity index (χ0n) is 9.93. The van der Waals surface area contributed by atoms with Gasteiger partial charge < -0.3 is 5.32 Å². The van der Waals surface area contributed by atoms with Crippen LogP contribution in [0.1, 0.15) is 41.3 Å². The SMILES string of the molecule is Cc1cc(C2CCNCC2)nc(C)c1C. The lowest BCUT2D eigenvalue weighted by Gasteiger charge is -2.23. The van der Waals surface area contributed by atoms with Crippen molar-refractivity contribution in [2.45, 2.75) is 39.5 Å². The van der Waals surface area contributed by atoms with Crippen LogP contribution in [-0.2, 0) is 0 Å². The number of aromatic nitrogens is 1. The van der Waals surface area contributed by atoms with Crippen LogP contribution in [0.3, 0.4) is 0 Å². The predicted molar refractivity (Wildman–Crippen MR) is 63.3 cm³/mol. The highest BCUT2D eigenvalue weighted by molar-refractivity contribution is 5.31. The van der Waals surface area contributed by atoms with E-state index in [-0.39, 0.29) is 0 Å². The van der Waals surface area contributed by atoms with Gasteiger partial charge in [0.2, 0.25) is 0 Å². The molecule has 0 spiro atoms. The Labute approximate surface area is 92.1 Å². The van der Waals surface area contributed by atoms with E-state index in [9.17, 15) is 0 Å². The topological polar surface area (TPSA) is 24.9 Å². The smallest absolute Gasteiger partial charge is 0.0441 e. The van der Waals surface area contributed by atoms with Crippen LogP contribution in [-0.4, -0.2) is 18.1 Å². The van der Waals surface area contributed by atoms with Crippen LogP contribution in [0, 0.1) is 20.8 Å². The van der Waals surface area contributed by atoms with Crippen LogP contribution >= 0.6 is 0 Å². The van der Waals surface area contributed by atoms with Crippen LogP contribution in [0.4, 0.5) is 0 Å². The molecule has 1 aliphatic rings. The molecular weight excluding hydrogens is 184 g/mol. The summed E-state index contributed by atoms with van der Waals surface area (Å²) in [7, 11) is 0. The Bertz CT molecular complexity index is 329. The number of piperidine rings is 1. The minimum absolute atomic E-state index is 0.671. The second kappa shape index (κ2) is 4.31. The molecule has 0 saturated carbocycles. The van der Waals surface area contributed by atoms with E-state index in [1.165, 1.54) is 35.4 Å². The molecule has 0 aliphatic carbocycles. The monoisotopic (exact) mass is 204 g/mol.